The Bertz CT molecular complexity index is 496. The summed E-state index contributed by atoms with van der Waals surface area (Å²) in [7, 11) is 0. The molecule has 3 heterocycles. The molecular weight excluding hydrogens is 280 g/mol. The van der Waals surface area contributed by atoms with Crippen LogP contribution < -0.4 is 0 Å². The van der Waals surface area contributed by atoms with Gasteiger partial charge in [-0.15, -0.1) is 0 Å². The van der Waals surface area contributed by atoms with Crippen LogP contribution in [-0.4, -0.2) is 56.6 Å². The molecule has 3 rings (SSSR count). The quantitative estimate of drug-likeness (QED) is 0.841. The summed E-state index contributed by atoms with van der Waals surface area (Å²) in [6.07, 6.45) is 4.89. The summed E-state index contributed by atoms with van der Waals surface area (Å²) >= 11 is 5.69. The van der Waals surface area contributed by atoms with E-state index in [-0.39, 0.29) is 5.28 Å². The van der Waals surface area contributed by atoms with E-state index in [0.717, 1.165) is 31.5 Å². The molecule has 1 N–H and O–H groups in total. The molecule has 2 unspecified atom stereocenters. The molecule has 2 saturated heterocycles. The number of hydrogen-bond acceptors (Lipinski definition) is 4. The van der Waals surface area contributed by atoms with Crippen LogP contribution in [0.3, 0.4) is 0 Å². The molecular formula is C13H17ClN4O2. The van der Waals surface area contributed by atoms with E-state index in [4.69, 9.17) is 16.7 Å². The molecule has 7 heteroatoms. The third-order valence-electron chi connectivity index (χ3n) is 4.23. The van der Waals surface area contributed by atoms with Crippen LogP contribution in [0, 0.1) is 5.92 Å². The van der Waals surface area contributed by atoms with Gasteiger partial charge >= 0.3 is 6.09 Å². The maximum Gasteiger partial charge on any atom is 0.407 e. The van der Waals surface area contributed by atoms with Gasteiger partial charge in [0.05, 0.1) is 0 Å². The molecule has 1 aromatic rings. The van der Waals surface area contributed by atoms with Gasteiger partial charge in [0.25, 0.3) is 0 Å². The van der Waals surface area contributed by atoms with Crippen LogP contribution in [0.15, 0.2) is 12.4 Å². The molecule has 2 aliphatic heterocycles. The lowest BCUT2D eigenvalue weighted by molar-refractivity contribution is 0.114. The van der Waals surface area contributed by atoms with Gasteiger partial charge in [-0.2, -0.15) is 0 Å². The second kappa shape index (κ2) is 5.54. The van der Waals surface area contributed by atoms with Crippen LogP contribution in [0.25, 0.3) is 0 Å². The van der Waals surface area contributed by atoms with Crippen LogP contribution in [0.4, 0.5) is 4.79 Å². The molecule has 2 fully saturated rings. The van der Waals surface area contributed by atoms with Crippen molar-refractivity contribution in [3.63, 3.8) is 0 Å². The lowest BCUT2D eigenvalue weighted by atomic mass is 9.92. The SMILES string of the molecule is O=C(O)N1CC2CCCN(Cc3cnc(Cl)nc3)C2C1. The van der Waals surface area contributed by atoms with Gasteiger partial charge in [-0.05, 0) is 36.9 Å². The first-order chi connectivity index (χ1) is 9.63. The monoisotopic (exact) mass is 296 g/mol. The minimum Gasteiger partial charge on any atom is -0.465 e. The Kier molecular flexibility index (Phi) is 3.76. The van der Waals surface area contributed by atoms with Crippen molar-refractivity contribution < 1.29 is 9.90 Å². The first-order valence-corrected chi connectivity index (χ1v) is 7.19. The lowest BCUT2D eigenvalue weighted by Gasteiger charge is -2.36. The van der Waals surface area contributed by atoms with Gasteiger partial charge in [0, 0.05) is 43.6 Å². The van der Waals surface area contributed by atoms with Crippen molar-refractivity contribution in [1.82, 2.24) is 19.8 Å². The van der Waals surface area contributed by atoms with Crippen molar-refractivity contribution in [2.45, 2.75) is 25.4 Å². The molecule has 108 valence electrons. The number of carbonyl (C=O) groups is 1. The van der Waals surface area contributed by atoms with Crippen LogP contribution in [0.5, 0.6) is 0 Å². The van der Waals surface area contributed by atoms with Gasteiger partial charge in [-0.3, -0.25) is 4.90 Å². The number of hydrogen-bond donors (Lipinski definition) is 1. The standard InChI is InChI=1S/C13H17ClN4O2/c14-12-15-4-9(5-16-12)6-17-3-1-2-10-7-18(13(19)20)8-11(10)17/h4-5,10-11H,1-3,6-8H2,(H,19,20). The first kappa shape index (κ1) is 13.6. The number of nitrogens with zero attached hydrogens (tertiary/aromatic N) is 4. The van der Waals surface area contributed by atoms with E-state index in [1.807, 2.05) is 0 Å². The zero-order chi connectivity index (χ0) is 14.1. The van der Waals surface area contributed by atoms with Gasteiger partial charge < -0.3 is 10.0 Å². The first-order valence-electron chi connectivity index (χ1n) is 6.82. The minimum atomic E-state index is -0.811. The maximum atomic E-state index is 11.1. The van der Waals surface area contributed by atoms with Crippen molar-refractivity contribution >= 4 is 17.7 Å². The van der Waals surface area contributed by atoms with Gasteiger partial charge in [-0.25, -0.2) is 14.8 Å². The third kappa shape index (κ3) is 2.71. The Morgan fingerprint density at radius 2 is 2.15 bits per heavy atom. The fourth-order valence-electron chi connectivity index (χ4n) is 3.28. The Labute approximate surface area is 122 Å². The van der Waals surface area contributed by atoms with Crippen molar-refractivity contribution in [2.24, 2.45) is 5.92 Å². The Balaban J connectivity index is 1.70. The minimum absolute atomic E-state index is 0.253. The number of rotatable bonds is 2. The number of aromatic nitrogens is 2. The number of piperidine rings is 1. The molecule has 0 aromatic carbocycles. The fraction of sp³-hybridized carbons (Fsp3) is 0.615. The average molecular weight is 297 g/mol. The highest BCUT2D eigenvalue weighted by atomic mass is 35.5. The van der Waals surface area contributed by atoms with Crippen LogP contribution in [0.1, 0.15) is 18.4 Å². The largest absolute Gasteiger partial charge is 0.465 e. The highest BCUT2D eigenvalue weighted by molar-refractivity contribution is 6.28. The topological polar surface area (TPSA) is 69.6 Å². The molecule has 20 heavy (non-hydrogen) atoms. The van der Waals surface area contributed by atoms with Gasteiger partial charge in [0.15, 0.2) is 0 Å². The summed E-state index contributed by atoms with van der Waals surface area (Å²) in [6.45, 7) is 3.02. The van der Waals surface area contributed by atoms with E-state index < -0.39 is 6.09 Å². The van der Waals surface area contributed by atoms with Crippen molar-refractivity contribution in [3.8, 4) is 0 Å². The van der Waals surface area contributed by atoms with Crippen molar-refractivity contribution in [1.29, 1.82) is 0 Å². The number of fused-ring (bicyclic) bond motifs is 1. The Morgan fingerprint density at radius 1 is 1.40 bits per heavy atom. The van der Waals surface area contributed by atoms with E-state index >= 15 is 0 Å². The van der Waals surface area contributed by atoms with Gasteiger partial charge in [-0.1, -0.05) is 0 Å². The number of halogens is 1. The van der Waals surface area contributed by atoms with Crippen molar-refractivity contribution in [3.05, 3.63) is 23.2 Å². The molecule has 2 aliphatic rings. The summed E-state index contributed by atoms with van der Waals surface area (Å²) in [5.74, 6) is 0.452. The fourth-order valence-corrected chi connectivity index (χ4v) is 3.38. The molecule has 0 aliphatic carbocycles. The predicted molar refractivity (Wildman–Crippen MR) is 73.6 cm³/mol. The predicted octanol–water partition coefficient (Wildman–Crippen LogP) is 1.70. The number of likely N-dealkylation sites (tertiary alicyclic amines) is 2. The number of amides is 1. The average Bonchev–Trinajstić information content (AvgIpc) is 2.87. The van der Waals surface area contributed by atoms with Crippen LogP contribution in [-0.2, 0) is 6.54 Å². The van der Waals surface area contributed by atoms with Crippen molar-refractivity contribution in [2.75, 3.05) is 19.6 Å². The molecule has 0 saturated carbocycles. The summed E-state index contributed by atoms with van der Waals surface area (Å²) in [5.41, 5.74) is 1.02. The molecule has 0 radical (unpaired) electrons. The van der Waals surface area contributed by atoms with E-state index in [0.29, 0.717) is 25.0 Å². The van der Waals surface area contributed by atoms with Gasteiger partial charge in [0.2, 0.25) is 5.28 Å². The summed E-state index contributed by atoms with van der Waals surface area (Å²) in [4.78, 5) is 23.0. The van der Waals surface area contributed by atoms with E-state index in [1.54, 1.807) is 12.4 Å². The maximum absolute atomic E-state index is 11.1. The smallest absolute Gasteiger partial charge is 0.407 e. The highest BCUT2D eigenvalue weighted by Gasteiger charge is 2.40. The lowest BCUT2D eigenvalue weighted by Crippen LogP contribution is -2.44. The molecule has 0 bridgehead atoms. The zero-order valence-corrected chi connectivity index (χ0v) is 11.8. The van der Waals surface area contributed by atoms with Crippen LogP contribution >= 0.6 is 11.6 Å². The normalized spacial score (nSPS) is 26.6. The third-order valence-corrected chi connectivity index (χ3v) is 4.42. The Morgan fingerprint density at radius 3 is 2.85 bits per heavy atom. The summed E-state index contributed by atoms with van der Waals surface area (Å²) in [6, 6.07) is 0.315. The summed E-state index contributed by atoms with van der Waals surface area (Å²) < 4.78 is 0. The second-order valence-corrected chi connectivity index (χ2v) is 5.83. The van der Waals surface area contributed by atoms with E-state index in [1.165, 1.54) is 4.90 Å². The molecule has 1 aromatic heterocycles. The highest BCUT2D eigenvalue weighted by Crippen LogP contribution is 2.31. The summed E-state index contributed by atoms with van der Waals surface area (Å²) in [5, 5.41) is 9.39. The molecule has 6 nitrogen and oxygen atoms in total. The molecule has 2 atom stereocenters. The second-order valence-electron chi connectivity index (χ2n) is 5.49. The zero-order valence-electron chi connectivity index (χ0n) is 11.1. The van der Waals surface area contributed by atoms with Crippen LogP contribution in [0.2, 0.25) is 5.28 Å². The van der Waals surface area contributed by atoms with Gasteiger partial charge in [0.1, 0.15) is 0 Å². The molecule has 1 amide bonds. The van der Waals surface area contributed by atoms with E-state index in [2.05, 4.69) is 14.9 Å². The van der Waals surface area contributed by atoms with E-state index in [9.17, 15) is 4.79 Å². The number of carboxylic acid groups (broad SMARTS) is 1. The molecule has 0 spiro atoms. The Hall–Kier alpha value is -1.40.